The van der Waals surface area contributed by atoms with E-state index in [1.165, 1.54) is 0 Å². The molecule has 17 heavy (non-hydrogen) atoms. The lowest BCUT2D eigenvalue weighted by molar-refractivity contribution is -0.116. The van der Waals surface area contributed by atoms with Crippen LogP contribution in [0.15, 0.2) is 18.2 Å². The van der Waals surface area contributed by atoms with Gasteiger partial charge in [0.1, 0.15) is 0 Å². The molecule has 0 radical (unpaired) electrons. The van der Waals surface area contributed by atoms with Crippen LogP contribution in [-0.4, -0.2) is 19.0 Å². The lowest BCUT2D eigenvalue weighted by Crippen LogP contribution is -2.18. The van der Waals surface area contributed by atoms with Crippen molar-refractivity contribution in [2.24, 2.45) is 5.92 Å². The Morgan fingerprint density at radius 3 is 3.06 bits per heavy atom. The summed E-state index contributed by atoms with van der Waals surface area (Å²) in [5.74, 6) is 0.563. The van der Waals surface area contributed by atoms with Gasteiger partial charge in [0, 0.05) is 17.8 Å². The average molecular weight is 233 g/mol. The second-order valence-corrected chi connectivity index (χ2v) is 4.68. The number of aryl methyl sites for hydroxylation is 1. The van der Waals surface area contributed by atoms with E-state index in [9.17, 15) is 4.79 Å². The Morgan fingerprint density at radius 2 is 2.41 bits per heavy atom. The molecular formula is C13H19N3O. The van der Waals surface area contributed by atoms with E-state index >= 15 is 0 Å². The maximum absolute atomic E-state index is 11.8. The summed E-state index contributed by atoms with van der Waals surface area (Å²) in [4.78, 5) is 11.8. The lowest BCUT2D eigenvalue weighted by Gasteiger charge is -2.10. The molecular weight excluding hydrogens is 214 g/mol. The third kappa shape index (κ3) is 3.20. The molecule has 0 saturated carbocycles. The van der Waals surface area contributed by atoms with Gasteiger partial charge in [0.15, 0.2) is 0 Å². The van der Waals surface area contributed by atoms with E-state index in [2.05, 4.69) is 10.6 Å². The van der Waals surface area contributed by atoms with Crippen LogP contribution < -0.4 is 16.4 Å². The minimum Gasteiger partial charge on any atom is -0.399 e. The summed E-state index contributed by atoms with van der Waals surface area (Å²) in [5.41, 5.74) is 8.30. The standard InChI is InChI=1S/C13H19N3O/c1-9-6-11(2-3-12(9)14)16-13(17)7-10-4-5-15-8-10/h2-3,6,10,15H,4-5,7-8,14H2,1H3,(H,16,17). The molecule has 1 atom stereocenters. The fourth-order valence-corrected chi connectivity index (χ4v) is 2.12. The van der Waals surface area contributed by atoms with Crippen LogP contribution in [0.4, 0.5) is 11.4 Å². The molecule has 92 valence electrons. The molecule has 0 aromatic heterocycles. The molecule has 4 nitrogen and oxygen atoms in total. The first-order chi connectivity index (χ1) is 8.15. The van der Waals surface area contributed by atoms with Gasteiger partial charge >= 0.3 is 0 Å². The van der Waals surface area contributed by atoms with Gasteiger partial charge < -0.3 is 16.4 Å². The highest BCUT2D eigenvalue weighted by molar-refractivity contribution is 5.91. The summed E-state index contributed by atoms with van der Waals surface area (Å²) in [6.07, 6.45) is 1.69. The summed E-state index contributed by atoms with van der Waals surface area (Å²) in [6, 6.07) is 5.56. The zero-order valence-corrected chi connectivity index (χ0v) is 10.1. The smallest absolute Gasteiger partial charge is 0.224 e. The molecule has 4 N–H and O–H groups in total. The first-order valence-corrected chi connectivity index (χ1v) is 6.02. The zero-order valence-electron chi connectivity index (χ0n) is 10.1. The van der Waals surface area contributed by atoms with Gasteiger partial charge in [0.2, 0.25) is 5.91 Å². The van der Waals surface area contributed by atoms with Crippen LogP contribution >= 0.6 is 0 Å². The number of amides is 1. The van der Waals surface area contributed by atoms with Crippen molar-refractivity contribution in [3.63, 3.8) is 0 Å². The van der Waals surface area contributed by atoms with Crippen molar-refractivity contribution < 1.29 is 4.79 Å². The second-order valence-electron chi connectivity index (χ2n) is 4.68. The number of hydrogen-bond donors (Lipinski definition) is 3. The molecule has 0 bridgehead atoms. The van der Waals surface area contributed by atoms with E-state index < -0.39 is 0 Å². The van der Waals surface area contributed by atoms with Crippen LogP contribution in [0, 0.1) is 12.8 Å². The minimum absolute atomic E-state index is 0.0860. The number of anilines is 2. The lowest BCUT2D eigenvalue weighted by atomic mass is 10.0. The molecule has 1 amide bonds. The first-order valence-electron chi connectivity index (χ1n) is 6.02. The van der Waals surface area contributed by atoms with Gasteiger partial charge in [0.25, 0.3) is 0 Å². The van der Waals surface area contributed by atoms with Crippen molar-refractivity contribution in [3.8, 4) is 0 Å². The fourth-order valence-electron chi connectivity index (χ4n) is 2.12. The van der Waals surface area contributed by atoms with Crippen molar-refractivity contribution in [2.45, 2.75) is 19.8 Å². The molecule has 1 aromatic rings. The Bertz CT molecular complexity index is 411. The van der Waals surface area contributed by atoms with Crippen molar-refractivity contribution in [2.75, 3.05) is 24.1 Å². The van der Waals surface area contributed by atoms with Crippen LogP contribution in [0.2, 0.25) is 0 Å². The minimum atomic E-state index is 0.0860. The third-order valence-corrected chi connectivity index (χ3v) is 3.19. The second kappa shape index (κ2) is 5.19. The quantitative estimate of drug-likeness (QED) is 0.693. The highest BCUT2D eigenvalue weighted by Crippen LogP contribution is 2.18. The number of hydrogen-bond acceptors (Lipinski definition) is 3. The Balaban J connectivity index is 1.90. The molecule has 0 spiro atoms. The summed E-state index contributed by atoms with van der Waals surface area (Å²) < 4.78 is 0. The Labute approximate surface area is 102 Å². The van der Waals surface area contributed by atoms with Crippen LogP contribution in [-0.2, 0) is 4.79 Å². The Kier molecular flexibility index (Phi) is 3.64. The largest absolute Gasteiger partial charge is 0.399 e. The van der Waals surface area contributed by atoms with Crippen molar-refractivity contribution in [1.82, 2.24) is 5.32 Å². The third-order valence-electron chi connectivity index (χ3n) is 3.19. The normalized spacial score (nSPS) is 19.2. The molecule has 1 aromatic carbocycles. The van der Waals surface area contributed by atoms with E-state index in [1.807, 2.05) is 25.1 Å². The molecule has 1 unspecified atom stereocenters. The van der Waals surface area contributed by atoms with E-state index in [0.717, 1.165) is 36.4 Å². The van der Waals surface area contributed by atoms with Crippen molar-refractivity contribution >= 4 is 17.3 Å². The van der Waals surface area contributed by atoms with Crippen LogP contribution in [0.1, 0.15) is 18.4 Å². The first kappa shape index (κ1) is 11.9. The van der Waals surface area contributed by atoms with Gasteiger partial charge in [-0.1, -0.05) is 0 Å². The number of nitrogens with one attached hydrogen (secondary N) is 2. The molecule has 1 saturated heterocycles. The van der Waals surface area contributed by atoms with Gasteiger partial charge in [-0.2, -0.15) is 0 Å². The number of nitrogens with two attached hydrogens (primary N) is 1. The Morgan fingerprint density at radius 1 is 1.59 bits per heavy atom. The predicted octanol–water partition coefficient (Wildman–Crippen LogP) is 1.52. The van der Waals surface area contributed by atoms with E-state index in [0.29, 0.717) is 12.3 Å². The summed E-state index contributed by atoms with van der Waals surface area (Å²) in [6.45, 7) is 3.92. The molecule has 1 fully saturated rings. The van der Waals surface area contributed by atoms with E-state index in [4.69, 9.17) is 5.73 Å². The summed E-state index contributed by atoms with van der Waals surface area (Å²) in [7, 11) is 0. The summed E-state index contributed by atoms with van der Waals surface area (Å²) in [5, 5.41) is 6.18. The monoisotopic (exact) mass is 233 g/mol. The molecule has 4 heteroatoms. The molecule has 0 aliphatic carbocycles. The Hall–Kier alpha value is -1.55. The SMILES string of the molecule is Cc1cc(NC(=O)CC2CCNC2)ccc1N. The zero-order chi connectivity index (χ0) is 12.3. The van der Waals surface area contributed by atoms with E-state index in [1.54, 1.807) is 0 Å². The number of carbonyl (C=O) groups excluding carboxylic acids is 1. The highest BCUT2D eigenvalue weighted by Gasteiger charge is 2.17. The number of carbonyl (C=O) groups is 1. The van der Waals surface area contributed by atoms with Crippen molar-refractivity contribution in [1.29, 1.82) is 0 Å². The predicted molar refractivity (Wildman–Crippen MR) is 69.8 cm³/mol. The maximum atomic E-state index is 11.8. The fraction of sp³-hybridized carbons (Fsp3) is 0.462. The molecule has 1 aliphatic rings. The van der Waals surface area contributed by atoms with Gasteiger partial charge in [-0.25, -0.2) is 0 Å². The van der Waals surface area contributed by atoms with Crippen LogP contribution in [0.25, 0.3) is 0 Å². The average Bonchev–Trinajstić information content (AvgIpc) is 2.76. The van der Waals surface area contributed by atoms with E-state index in [-0.39, 0.29) is 5.91 Å². The highest BCUT2D eigenvalue weighted by atomic mass is 16.1. The number of rotatable bonds is 3. The molecule has 2 rings (SSSR count). The number of benzene rings is 1. The summed E-state index contributed by atoms with van der Waals surface area (Å²) >= 11 is 0. The van der Waals surface area contributed by atoms with Gasteiger partial charge in [-0.3, -0.25) is 4.79 Å². The van der Waals surface area contributed by atoms with Crippen molar-refractivity contribution in [3.05, 3.63) is 23.8 Å². The topological polar surface area (TPSA) is 67.2 Å². The number of nitrogen functional groups attached to an aromatic ring is 1. The van der Waals surface area contributed by atoms with Crippen LogP contribution in [0.5, 0.6) is 0 Å². The van der Waals surface area contributed by atoms with Crippen LogP contribution in [0.3, 0.4) is 0 Å². The van der Waals surface area contributed by atoms with Gasteiger partial charge in [-0.05, 0) is 56.1 Å². The molecule has 1 heterocycles. The molecule has 1 aliphatic heterocycles. The van der Waals surface area contributed by atoms with Gasteiger partial charge in [-0.15, -0.1) is 0 Å². The maximum Gasteiger partial charge on any atom is 0.224 e. The van der Waals surface area contributed by atoms with Gasteiger partial charge in [0.05, 0.1) is 0 Å².